The van der Waals surface area contributed by atoms with Crippen molar-refractivity contribution in [2.45, 2.75) is 6.10 Å². The van der Waals surface area contributed by atoms with Gasteiger partial charge in [0.1, 0.15) is 0 Å². The molecule has 3 nitrogen and oxygen atoms in total. The van der Waals surface area contributed by atoms with Gasteiger partial charge in [0, 0.05) is 17.8 Å². The maximum absolute atomic E-state index is 10.4. The molecule has 0 bridgehead atoms. The molecule has 1 heterocycles. The third-order valence-electron chi connectivity index (χ3n) is 1.42. The molecule has 0 fully saturated rings. The molecule has 0 spiro atoms. The Hall–Kier alpha value is -0.740. The standard InChI is InChI=1S/C8H8BrNO2/c1-12-8(5-11)7-3-2-6(9)4-10-7/h2-5,8H,1H3. The zero-order valence-electron chi connectivity index (χ0n) is 6.53. The lowest BCUT2D eigenvalue weighted by Gasteiger charge is -2.06. The van der Waals surface area contributed by atoms with Crippen molar-refractivity contribution >= 4 is 22.2 Å². The molecule has 0 saturated heterocycles. The Balaban J connectivity index is 2.87. The van der Waals surface area contributed by atoms with Crippen LogP contribution in [0, 0.1) is 0 Å². The van der Waals surface area contributed by atoms with E-state index in [-0.39, 0.29) is 0 Å². The summed E-state index contributed by atoms with van der Waals surface area (Å²) in [6.45, 7) is 0. The number of ether oxygens (including phenoxy) is 1. The summed E-state index contributed by atoms with van der Waals surface area (Å²) in [4.78, 5) is 14.5. The summed E-state index contributed by atoms with van der Waals surface area (Å²) in [6.07, 6.45) is 1.79. The highest BCUT2D eigenvalue weighted by Gasteiger charge is 2.08. The number of methoxy groups -OCH3 is 1. The number of nitrogens with zero attached hydrogens (tertiary/aromatic N) is 1. The Labute approximate surface area is 78.9 Å². The Morgan fingerprint density at radius 3 is 2.83 bits per heavy atom. The van der Waals surface area contributed by atoms with Gasteiger partial charge >= 0.3 is 0 Å². The molecule has 1 aromatic heterocycles. The van der Waals surface area contributed by atoms with E-state index >= 15 is 0 Å². The van der Waals surface area contributed by atoms with E-state index in [2.05, 4.69) is 20.9 Å². The van der Waals surface area contributed by atoms with E-state index in [9.17, 15) is 4.79 Å². The molecule has 1 aromatic rings. The van der Waals surface area contributed by atoms with Crippen molar-refractivity contribution in [3.63, 3.8) is 0 Å². The Morgan fingerprint density at radius 1 is 1.67 bits per heavy atom. The van der Waals surface area contributed by atoms with Gasteiger partial charge in [-0.2, -0.15) is 0 Å². The molecular weight excluding hydrogens is 222 g/mol. The van der Waals surface area contributed by atoms with Crippen molar-refractivity contribution < 1.29 is 9.53 Å². The lowest BCUT2D eigenvalue weighted by Crippen LogP contribution is -2.04. The van der Waals surface area contributed by atoms with Crippen LogP contribution in [0.2, 0.25) is 0 Å². The molecule has 1 rings (SSSR count). The van der Waals surface area contributed by atoms with E-state index in [1.807, 2.05) is 6.07 Å². The summed E-state index contributed by atoms with van der Waals surface area (Å²) in [5.41, 5.74) is 0.621. The highest BCUT2D eigenvalue weighted by Crippen LogP contribution is 2.14. The summed E-state index contributed by atoms with van der Waals surface area (Å²) in [5, 5.41) is 0. The smallest absolute Gasteiger partial charge is 0.154 e. The lowest BCUT2D eigenvalue weighted by atomic mass is 10.2. The van der Waals surface area contributed by atoms with Crippen LogP contribution in [0.3, 0.4) is 0 Å². The normalized spacial score (nSPS) is 12.5. The first kappa shape index (κ1) is 9.35. The van der Waals surface area contributed by atoms with Crippen molar-refractivity contribution in [2.75, 3.05) is 7.11 Å². The number of hydrogen-bond donors (Lipinski definition) is 0. The van der Waals surface area contributed by atoms with Crippen LogP contribution in [0.1, 0.15) is 11.8 Å². The lowest BCUT2D eigenvalue weighted by molar-refractivity contribution is -0.116. The maximum Gasteiger partial charge on any atom is 0.154 e. The first-order chi connectivity index (χ1) is 5.77. The van der Waals surface area contributed by atoms with Gasteiger partial charge in [-0.3, -0.25) is 4.98 Å². The topological polar surface area (TPSA) is 39.2 Å². The van der Waals surface area contributed by atoms with Gasteiger partial charge in [-0.05, 0) is 28.1 Å². The minimum atomic E-state index is -0.557. The summed E-state index contributed by atoms with van der Waals surface area (Å²) in [5.74, 6) is 0. The molecule has 0 aliphatic heterocycles. The van der Waals surface area contributed by atoms with Crippen LogP contribution < -0.4 is 0 Å². The van der Waals surface area contributed by atoms with E-state index in [4.69, 9.17) is 4.74 Å². The number of halogens is 1. The molecule has 0 aliphatic carbocycles. The Kier molecular flexibility index (Phi) is 3.37. The van der Waals surface area contributed by atoms with Gasteiger partial charge in [0.2, 0.25) is 0 Å². The number of hydrogen-bond acceptors (Lipinski definition) is 3. The fourth-order valence-corrected chi connectivity index (χ4v) is 1.04. The van der Waals surface area contributed by atoms with Crippen molar-refractivity contribution in [1.29, 1.82) is 0 Å². The van der Waals surface area contributed by atoms with Crippen LogP contribution in [0.5, 0.6) is 0 Å². The monoisotopic (exact) mass is 229 g/mol. The molecule has 0 saturated carbocycles. The zero-order chi connectivity index (χ0) is 8.97. The number of carbonyl (C=O) groups excluding carboxylic acids is 1. The largest absolute Gasteiger partial charge is 0.368 e. The second-order valence-electron chi connectivity index (χ2n) is 2.19. The molecule has 0 aliphatic rings. The van der Waals surface area contributed by atoms with Gasteiger partial charge in [0.25, 0.3) is 0 Å². The molecule has 0 aromatic carbocycles. The fraction of sp³-hybridized carbons (Fsp3) is 0.250. The van der Waals surface area contributed by atoms with Crippen LogP contribution in [0.4, 0.5) is 0 Å². The highest BCUT2D eigenvalue weighted by molar-refractivity contribution is 9.10. The molecule has 0 N–H and O–H groups in total. The van der Waals surface area contributed by atoms with E-state index in [1.165, 1.54) is 7.11 Å². The van der Waals surface area contributed by atoms with Crippen LogP contribution in [0.15, 0.2) is 22.8 Å². The molecule has 1 atom stereocenters. The maximum atomic E-state index is 10.4. The summed E-state index contributed by atoms with van der Waals surface area (Å²) in [6, 6.07) is 3.56. The van der Waals surface area contributed by atoms with Crippen LogP contribution in [0.25, 0.3) is 0 Å². The molecule has 0 radical (unpaired) electrons. The van der Waals surface area contributed by atoms with Gasteiger partial charge < -0.3 is 9.53 Å². The van der Waals surface area contributed by atoms with Crippen molar-refractivity contribution in [1.82, 2.24) is 4.98 Å². The molecule has 1 unspecified atom stereocenters. The highest BCUT2D eigenvalue weighted by atomic mass is 79.9. The average Bonchev–Trinajstić information content (AvgIpc) is 2.10. The van der Waals surface area contributed by atoms with Crippen molar-refractivity contribution in [3.05, 3.63) is 28.5 Å². The summed E-state index contributed by atoms with van der Waals surface area (Å²) < 4.78 is 5.76. The molecule has 12 heavy (non-hydrogen) atoms. The van der Waals surface area contributed by atoms with E-state index in [1.54, 1.807) is 12.3 Å². The number of aromatic nitrogens is 1. The minimum absolute atomic E-state index is 0.557. The first-order valence-electron chi connectivity index (χ1n) is 3.37. The van der Waals surface area contributed by atoms with Crippen molar-refractivity contribution in [2.24, 2.45) is 0 Å². The van der Waals surface area contributed by atoms with Crippen molar-refractivity contribution in [3.8, 4) is 0 Å². The third-order valence-corrected chi connectivity index (χ3v) is 1.89. The number of pyridine rings is 1. The van der Waals surface area contributed by atoms with Gasteiger partial charge in [0.15, 0.2) is 12.4 Å². The number of aldehydes is 1. The SMILES string of the molecule is COC(C=O)c1ccc(Br)cn1. The Morgan fingerprint density at radius 2 is 2.42 bits per heavy atom. The number of rotatable bonds is 3. The summed E-state index contributed by atoms with van der Waals surface area (Å²) in [7, 11) is 1.47. The molecule has 64 valence electrons. The molecule has 0 amide bonds. The van der Waals surface area contributed by atoms with Gasteiger partial charge in [-0.1, -0.05) is 0 Å². The minimum Gasteiger partial charge on any atom is -0.368 e. The third kappa shape index (κ3) is 2.12. The first-order valence-corrected chi connectivity index (χ1v) is 4.16. The predicted octanol–water partition coefficient (Wildman–Crippen LogP) is 1.73. The van der Waals surface area contributed by atoms with Gasteiger partial charge in [0.05, 0.1) is 5.69 Å². The molecule has 4 heteroatoms. The van der Waals surface area contributed by atoms with Gasteiger partial charge in [-0.25, -0.2) is 0 Å². The van der Waals surface area contributed by atoms with Crippen LogP contribution in [-0.4, -0.2) is 18.4 Å². The Bertz CT molecular complexity index is 260. The number of carbonyl (C=O) groups is 1. The van der Waals surface area contributed by atoms with Gasteiger partial charge in [-0.15, -0.1) is 0 Å². The fourth-order valence-electron chi connectivity index (χ4n) is 0.802. The van der Waals surface area contributed by atoms with E-state index < -0.39 is 6.10 Å². The quantitative estimate of drug-likeness (QED) is 0.742. The summed E-state index contributed by atoms with van der Waals surface area (Å²) >= 11 is 3.25. The second-order valence-corrected chi connectivity index (χ2v) is 3.11. The van der Waals surface area contributed by atoms with Crippen LogP contribution >= 0.6 is 15.9 Å². The average molecular weight is 230 g/mol. The predicted molar refractivity (Wildman–Crippen MR) is 47.8 cm³/mol. The molecular formula is C8H8BrNO2. The second kappa shape index (κ2) is 4.33. The van der Waals surface area contributed by atoms with Crippen LogP contribution in [-0.2, 0) is 9.53 Å². The van der Waals surface area contributed by atoms with E-state index in [0.29, 0.717) is 5.69 Å². The zero-order valence-corrected chi connectivity index (χ0v) is 8.11. The van der Waals surface area contributed by atoms with E-state index in [0.717, 1.165) is 10.8 Å².